The molecule has 0 bridgehead atoms. The van der Waals surface area contributed by atoms with Gasteiger partial charge in [-0.2, -0.15) is 0 Å². The smallest absolute Gasteiger partial charge is 0.124 e. The molecular formula is C16H19BrN2O. The van der Waals surface area contributed by atoms with Crippen molar-refractivity contribution in [3.63, 3.8) is 0 Å². The van der Waals surface area contributed by atoms with Crippen molar-refractivity contribution in [2.75, 3.05) is 7.11 Å². The zero-order valence-electron chi connectivity index (χ0n) is 11.9. The topological polar surface area (TPSA) is 47.3 Å². The lowest BCUT2D eigenvalue weighted by Crippen LogP contribution is -2.29. The first-order valence-corrected chi connectivity index (χ1v) is 7.23. The summed E-state index contributed by atoms with van der Waals surface area (Å²) in [6, 6.07) is 12.1. The summed E-state index contributed by atoms with van der Waals surface area (Å²) in [6.07, 6.45) is 0. The van der Waals surface area contributed by atoms with Crippen LogP contribution in [-0.2, 0) is 0 Å². The quantitative estimate of drug-likeness (QED) is 0.663. The predicted octanol–water partition coefficient (Wildman–Crippen LogP) is 3.63. The average Bonchev–Trinajstić information content (AvgIpc) is 2.44. The number of rotatable bonds is 4. The second kappa shape index (κ2) is 6.39. The Kier molecular flexibility index (Phi) is 4.81. The fraction of sp³-hybridized carbons (Fsp3) is 0.250. The Morgan fingerprint density at radius 3 is 2.55 bits per heavy atom. The van der Waals surface area contributed by atoms with E-state index in [1.807, 2.05) is 24.3 Å². The van der Waals surface area contributed by atoms with Crippen LogP contribution in [0.25, 0.3) is 0 Å². The van der Waals surface area contributed by atoms with Crippen LogP contribution in [0.2, 0.25) is 0 Å². The molecule has 1 unspecified atom stereocenters. The highest BCUT2D eigenvalue weighted by molar-refractivity contribution is 9.10. The minimum Gasteiger partial charge on any atom is -0.496 e. The second-order valence-corrected chi connectivity index (χ2v) is 5.65. The number of hydrogen-bond acceptors (Lipinski definition) is 3. The number of hydrogen-bond donors (Lipinski definition) is 2. The summed E-state index contributed by atoms with van der Waals surface area (Å²) in [5.41, 5.74) is 7.41. The van der Waals surface area contributed by atoms with Crippen LogP contribution in [0.4, 0.5) is 0 Å². The number of nitrogens with two attached hydrogens (primary N) is 1. The lowest BCUT2D eigenvalue weighted by Gasteiger charge is -2.22. The third kappa shape index (κ3) is 2.87. The van der Waals surface area contributed by atoms with Gasteiger partial charge in [-0.25, -0.2) is 5.43 Å². The number of aryl methyl sites for hydroxylation is 1. The van der Waals surface area contributed by atoms with Crippen LogP contribution in [0.1, 0.15) is 28.3 Å². The number of benzene rings is 2. The third-order valence-electron chi connectivity index (χ3n) is 3.48. The summed E-state index contributed by atoms with van der Waals surface area (Å²) >= 11 is 3.57. The van der Waals surface area contributed by atoms with E-state index < -0.39 is 0 Å². The molecule has 0 saturated carbocycles. The van der Waals surface area contributed by atoms with E-state index in [2.05, 4.69) is 47.3 Å². The Morgan fingerprint density at radius 2 is 1.90 bits per heavy atom. The number of halogens is 1. The van der Waals surface area contributed by atoms with Crippen molar-refractivity contribution in [3.05, 3.63) is 63.1 Å². The van der Waals surface area contributed by atoms with Gasteiger partial charge in [0.1, 0.15) is 5.75 Å². The highest BCUT2D eigenvalue weighted by Gasteiger charge is 2.19. The van der Waals surface area contributed by atoms with Crippen molar-refractivity contribution in [2.45, 2.75) is 19.9 Å². The van der Waals surface area contributed by atoms with Crippen LogP contribution in [0, 0.1) is 13.8 Å². The highest BCUT2D eigenvalue weighted by Crippen LogP contribution is 2.33. The van der Waals surface area contributed by atoms with E-state index in [4.69, 9.17) is 10.6 Å². The van der Waals surface area contributed by atoms with E-state index in [0.29, 0.717) is 0 Å². The molecular weight excluding hydrogens is 316 g/mol. The molecule has 20 heavy (non-hydrogen) atoms. The summed E-state index contributed by atoms with van der Waals surface area (Å²) in [7, 11) is 1.68. The Hall–Kier alpha value is -1.36. The minimum absolute atomic E-state index is 0.109. The molecule has 4 heteroatoms. The van der Waals surface area contributed by atoms with Crippen LogP contribution in [0.5, 0.6) is 5.75 Å². The molecule has 0 aliphatic carbocycles. The fourth-order valence-corrected chi connectivity index (χ4v) is 2.74. The molecule has 0 spiro atoms. The van der Waals surface area contributed by atoms with Gasteiger partial charge in [-0.3, -0.25) is 5.84 Å². The van der Waals surface area contributed by atoms with Crippen LogP contribution in [-0.4, -0.2) is 7.11 Å². The van der Waals surface area contributed by atoms with E-state index in [9.17, 15) is 0 Å². The molecule has 0 heterocycles. The summed E-state index contributed by atoms with van der Waals surface area (Å²) in [5.74, 6) is 6.64. The number of methoxy groups -OCH3 is 1. The van der Waals surface area contributed by atoms with Gasteiger partial charge >= 0.3 is 0 Å². The van der Waals surface area contributed by atoms with E-state index in [0.717, 1.165) is 21.3 Å². The molecule has 0 aliphatic heterocycles. The summed E-state index contributed by atoms with van der Waals surface area (Å²) in [6.45, 7) is 4.14. The van der Waals surface area contributed by atoms with Gasteiger partial charge in [0.05, 0.1) is 13.2 Å². The monoisotopic (exact) mass is 334 g/mol. The summed E-state index contributed by atoms with van der Waals surface area (Å²) in [4.78, 5) is 0. The lowest BCUT2D eigenvalue weighted by atomic mass is 9.94. The standard InChI is InChI=1S/C16H19BrN2O/c1-10-7-8-15(20-3)13(9-10)16(19-18)12-5-4-6-14(17)11(12)2/h4-9,16,19H,18H2,1-3H3. The Balaban J connectivity index is 2.58. The largest absolute Gasteiger partial charge is 0.496 e. The van der Waals surface area contributed by atoms with Crippen molar-refractivity contribution in [2.24, 2.45) is 5.84 Å². The molecule has 0 aromatic heterocycles. The maximum atomic E-state index is 5.81. The lowest BCUT2D eigenvalue weighted by molar-refractivity contribution is 0.404. The molecule has 3 nitrogen and oxygen atoms in total. The van der Waals surface area contributed by atoms with Gasteiger partial charge in [0.25, 0.3) is 0 Å². The zero-order valence-corrected chi connectivity index (χ0v) is 13.5. The number of hydrazine groups is 1. The number of ether oxygens (including phenoxy) is 1. The Bertz CT molecular complexity index is 613. The first kappa shape index (κ1) is 15.0. The maximum absolute atomic E-state index is 5.81. The van der Waals surface area contributed by atoms with Crippen molar-refractivity contribution >= 4 is 15.9 Å². The van der Waals surface area contributed by atoms with Gasteiger partial charge in [0.2, 0.25) is 0 Å². The van der Waals surface area contributed by atoms with Crippen molar-refractivity contribution in [1.29, 1.82) is 0 Å². The summed E-state index contributed by atoms with van der Waals surface area (Å²) < 4.78 is 6.54. The molecule has 3 N–H and O–H groups in total. The van der Waals surface area contributed by atoms with Gasteiger partial charge < -0.3 is 4.74 Å². The van der Waals surface area contributed by atoms with Crippen LogP contribution in [0.3, 0.4) is 0 Å². The number of nitrogens with one attached hydrogen (secondary N) is 1. The van der Waals surface area contributed by atoms with Crippen LogP contribution in [0.15, 0.2) is 40.9 Å². The zero-order chi connectivity index (χ0) is 14.7. The second-order valence-electron chi connectivity index (χ2n) is 4.80. The summed E-state index contributed by atoms with van der Waals surface area (Å²) in [5, 5.41) is 0. The molecule has 0 aliphatic rings. The highest BCUT2D eigenvalue weighted by atomic mass is 79.9. The van der Waals surface area contributed by atoms with Crippen LogP contribution >= 0.6 is 15.9 Å². The van der Waals surface area contributed by atoms with Crippen molar-refractivity contribution < 1.29 is 4.74 Å². The normalized spacial score (nSPS) is 12.2. The van der Waals surface area contributed by atoms with E-state index in [1.165, 1.54) is 11.1 Å². The first-order valence-electron chi connectivity index (χ1n) is 6.44. The van der Waals surface area contributed by atoms with Gasteiger partial charge in [0.15, 0.2) is 0 Å². The van der Waals surface area contributed by atoms with E-state index >= 15 is 0 Å². The molecule has 1 atom stereocenters. The third-order valence-corrected chi connectivity index (χ3v) is 4.34. The molecule has 0 fully saturated rings. The van der Waals surface area contributed by atoms with Crippen molar-refractivity contribution in [3.8, 4) is 5.75 Å². The van der Waals surface area contributed by atoms with Gasteiger partial charge in [0, 0.05) is 10.0 Å². The molecule has 2 rings (SSSR count). The van der Waals surface area contributed by atoms with Gasteiger partial charge in [-0.15, -0.1) is 0 Å². The molecule has 0 amide bonds. The molecule has 0 saturated heterocycles. The first-order chi connectivity index (χ1) is 9.58. The molecule has 0 radical (unpaired) electrons. The predicted molar refractivity (Wildman–Crippen MR) is 85.8 cm³/mol. The van der Waals surface area contributed by atoms with Crippen molar-refractivity contribution in [1.82, 2.24) is 5.43 Å². The van der Waals surface area contributed by atoms with E-state index in [1.54, 1.807) is 7.11 Å². The maximum Gasteiger partial charge on any atom is 0.124 e. The molecule has 2 aromatic rings. The molecule has 2 aromatic carbocycles. The minimum atomic E-state index is -0.109. The van der Waals surface area contributed by atoms with Crippen LogP contribution < -0.4 is 16.0 Å². The fourth-order valence-electron chi connectivity index (χ4n) is 2.36. The average molecular weight is 335 g/mol. The SMILES string of the molecule is COc1ccc(C)cc1C(NN)c1cccc(Br)c1C. The Morgan fingerprint density at radius 1 is 1.15 bits per heavy atom. The van der Waals surface area contributed by atoms with E-state index in [-0.39, 0.29) is 6.04 Å². The molecule has 106 valence electrons. The van der Waals surface area contributed by atoms with Gasteiger partial charge in [-0.1, -0.05) is 45.8 Å². The van der Waals surface area contributed by atoms with Gasteiger partial charge in [-0.05, 0) is 37.1 Å². The Labute approximate surface area is 128 Å².